The highest BCUT2D eigenvalue weighted by atomic mass is 16.3. The van der Waals surface area contributed by atoms with Gasteiger partial charge in [-0.2, -0.15) is 0 Å². The number of amides is 1. The molecular weight excluding hydrogens is 268 g/mol. The van der Waals surface area contributed by atoms with Gasteiger partial charge in [-0.3, -0.25) is 9.59 Å². The molecule has 0 aliphatic heterocycles. The van der Waals surface area contributed by atoms with Crippen molar-refractivity contribution in [3.05, 3.63) is 46.2 Å². The number of pyridine rings is 1. The number of aliphatic hydroxyl groups excluding tert-OH is 1. The number of fused-ring (bicyclic) bond motifs is 1. The highest BCUT2D eigenvalue weighted by Gasteiger charge is 2.35. The average Bonchev–Trinajstić information content (AvgIpc) is 2.95. The van der Waals surface area contributed by atoms with E-state index in [9.17, 15) is 14.7 Å². The summed E-state index contributed by atoms with van der Waals surface area (Å²) in [7, 11) is 0. The van der Waals surface area contributed by atoms with E-state index in [1.54, 1.807) is 12.1 Å². The maximum absolute atomic E-state index is 12.6. The third kappa shape index (κ3) is 2.56. The van der Waals surface area contributed by atoms with Crippen LogP contribution < -0.4 is 10.9 Å². The summed E-state index contributed by atoms with van der Waals surface area (Å²) in [5.74, 6) is -0.298. The van der Waals surface area contributed by atoms with E-state index in [0.717, 1.165) is 25.7 Å². The van der Waals surface area contributed by atoms with Crippen molar-refractivity contribution in [2.75, 3.05) is 6.61 Å². The molecule has 1 aromatic heterocycles. The summed E-state index contributed by atoms with van der Waals surface area (Å²) < 4.78 is 0. The lowest BCUT2D eigenvalue weighted by Crippen LogP contribution is -2.49. The van der Waals surface area contributed by atoms with Crippen molar-refractivity contribution < 1.29 is 9.90 Å². The molecule has 110 valence electrons. The zero-order valence-corrected chi connectivity index (χ0v) is 11.7. The Morgan fingerprint density at radius 1 is 1.29 bits per heavy atom. The maximum atomic E-state index is 12.6. The van der Waals surface area contributed by atoms with Gasteiger partial charge in [0.15, 0.2) is 0 Å². The minimum absolute atomic E-state index is 0.0696. The van der Waals surface area contributed by atoms with Crippen LogP contribution in [0.15, 0.2) is 35.1 Å². The third-order valence-corrected chi connectivity index (χ3v) is 4.24. The molecule has 1 amide bonds. The molecule has 5 nitrogen and oxygen atoms in total. The molecular formula is C16H18N2O3. The Bertz CT molecular complexity index is 730. The van der Waals surface area contributed by atoms with Gasteiger partial charge < -0.3 is 15.4 Å². The van der Waals surface area contributed by atoms with Gasteiger partial charge in [0.2, 0.25) is 5.56 Å². The van der Waals surface area contributed by atoms with Crippen LogP contribution >= 0.6 is 0 Å². The lowest BCUT2D eigenvalue weighted by atomic mass is 9.97. The van der Waals surface area contributed by atoms with Crippen LogP contribution in [0.1, 0.15) is 36.0 Å². The summed E-state index contributed by atoms with van der Waals surface area (Å²) in [6, 6.07) is 8.53. The number of benzene rings is 1. The van der Waals surface area contributed by atoms with E-state index in [4.69, 9.17) is 0 Å². The molecule has 21 heavy (non-hydrogen) atoms. The van der Waals surface area contributed by atoms with E-state index in [1.807, 2.05) is 12.1 Å². The Labute approximate surface area is 122 Å². The number of carbonyl (C=O) groups is 1. The van der Waals surface area contributed by atoms with E-state index < -0.39 is 5.54 Å². The predicted octanol–water partition coefficient (Wildman–Crippen LogP) is 1.56. The average molecular weight is 286 g/mol. The summed E-state index contributed by atoms with van der Waals surface area (Å²) in [5, 5.41) is 13.2. The molecule has 1 aromatic carbocycles. The van der Waals surface area contributed by atoms with Crippen LogP contribution in [0.4, 0.5) is 0 Å². The van der Waals surface area contributed by atoms with Gasteiger partial charge in [-0.15, -0.1) is 0 Å². The fourth-order valence-corrected chi connectivity index (χ4v) is 3.08. The Kier molecular flexibility index (Phi) is 3.51. The SMILES string of the molecule is O=C(NC1(CO)CCCC1)c1cc(=O)[nH]c2ccccc12. The molecule has 0 atom stereocenters. The van der Waals surface area contributed by atoms with Crippen LogP contribution in [0.2, 0.25) is 0 Å². The maximum Gasteiger partial charge on any atom is 0.252 e. The topological polar surface area (TPSA) is 82.2 Å². The first kappa shape index (κ1) is 13.8. The summed E-state index contributed by atoms with van der Waals surface area (Å²) in [6.07, 6.45) is 3.54. The number of para-hydroxylation sites is 1. The van der Waals surface area contributed by atoms with Gasteiger partial charge in [0, 0.05) is 17.0 Å². The van der Waals surface area contributed by atoms with Gasteiger partial charge in [-0.05, 0) is 18.9 Å². The van der Waals surface area contributed by atoms with Gasteiger partial charge in [0.05, 0.1) is 17.7 Å². The molecule has 0 unspecified atom stereocenters. The van der Waals surface area contributed by atoms with Crippen molar-refractivity contribution >= 4 is 16.8 Å². The number of nitrogens with one attached hydrogen (secondary N) is 2. The van der Waals surface area contributed by atoms with Gasteiger partial charge >= 0.3 is 0 Å². The highest BCUT2D eigenvalue weighted by Crippen LogP contribution is 2.29. The minimum Gasteiger partial charge on any atom is -0.394 e. The van der Waals surface area contributed by atoms with E-state index in [2.05, 4.69) is 10.3 Å². The summed E-state index contributed by atoms with van der Waals surface area (Å²) in [6.45, 7) is -0.0696. The number of hydrogen-bond donors (Lipinski definition) is 3. The molecule has 0 bridgehead atoms. The van der Waals surface area contributed by atoms with Crippen molar-refractivity contribution in [2.45, 2.75) is 31.2 Å². The van der Waals surface area contributed by atoms with E-state index >= 15 is 0 Å². The second kappa shape index (κ2) is 5.33. The molecule has 1 aliphatic rings. The molecule has 1 aliphatic carbocycles. The van der Waals surface area contributed by atoms with Crippen LogP contribution in [0.5, 0.6) is 0 Å². The molecule has 0 radical (unpaired) electrons. The summed E-state index contributed by atoms with van der Waals surface area (Å²) in [5.41, 5.74) is 0.151. The van der Waals surface area contributed by atoms with Crippen LogP contribution in [0, 0.1) is 0 Å². The Morgan fingerprint density at radius 2 is 2.00 bits per heavy atom. The normalized spacial score (nSPS) is 17.0. The number of aromatic amines is 1. The van der Waals surface area contributed by atoms with Gasteiger partial charge in [0.1, 0.15) is 0 Å². The minimum atomic E-state index is -0.541. The van der Waals surface area contributed by atoms with Crippen LogP contribution in [-0.4, -0.2) is 28.1 Å². The first-order valence-corrected chi connectivity index (χ1v) is 7.19. The smallest absolute Gasteiger partial charge is 0.252 e. The zero-order chi connectivity index (χ0) is 14.9. The van der Waals surface area contributed by atoms with Crippen molar-refractivity contribution in [1.82, 2.24) is 10.3 Å². The summed E-state index contributed by atoms with van der Waals surface area (Å²) in [4.78, 5) is 27.0. The first-order chi connectivity index (χ1) is 10.1. The van der Waals surface area contributed by atoms with Gasteiger partial charge in [-0.1, -0.05) is 31.0 Å². The quantitative estimate of drug-likeness (QED) is 0.801. The molecule has 0 spiro atoms. The number of aliphatic hydroxyl groups is 1. The first-order valence-electron chi connectivity index (χ1n) is 7.19. The summed E-state index contributed by atoms with van der Waals surface area (Å²) >= 11 is 0. The van der Waals surface area contributed by atoms with Gasteiger partial charge in [0.25, 0.3) is 5.91 Å². The fraction of sp³-hybridized carbons (Fsp3) is 0.375. The second-order valence-electron chi connectivity index (χ2n) is 5.69. The molecule has 1 heterocycles. The number of H-pyrrole nitrogens is 1. The zero-order valence-electron chi connectivity index (χ0n) is 11.7. The lowest BCUT2D eigenvalue weighted by Gasteiger charge is -2.28. The Hall–Kier alpha value is -2.14. The van der Waals surface area contributed by atoms with Crippen molar-refractivity contribution in [1.29, 1.82) is 0 Å². The van der Waals surface area contributed by atoms with Gasteiger partial charge in [-0.25, -0.2) is 0 Å². The largest absolute Gasteiger partial charge is 0.394 e. The van der Waals surface area contributed by atoms with Crippen molar-refractivity contribution in [3.63, 3.8) is 0 Å². The number of hydrogen-bond acceptors (Lipinski definition) is 3. The number of aromatic nitrogens is 1. The third-order valence-electron chi connectivity index (χ3n) is 4.24. The van der Waals surface area contributed by atoms with E-state index in [1.165, 1.54) is 6.07 Å². The molecule has 5 heteroatoms. The van der Waals surface area contributed by atoms with E-state index in [-0.39, 0.29) is 18.1 Å². The molecule has 1 saturated carbocycles. The molecule has 3 rings (SSSR count). The Balaban J connectivity index is 2.00. The standard InChI is InChI=1S/C16H18N2O3/c19-10-16(7-3-4-8-16)18-15(21)12-9-14(20)17-13-6-2-1-5-11(12)13/h1-2,5-6,9,19H,3-4,7-8,10H2,(H,17,20)(H,18,21). The van der Waals surface area contributed by atoms with Crippen LogP contribution in [-0.2, 0) is 0 Å². The highest BCUT2D eigenvalue weighted by molar-refractivity contribution is 6.06. The molecule has 1 fully saturated rings. The Morgan fingerprint density at radius 3 is 2.71 bits per heavy atom. The molecule has 3 N–H and O–H groups in total. The van der Waals surface area contributed by atoms with Crippen LogP contribution in [0.25, 0.3) is 10.9 Å². The fourth-order valence-electron chi connectivity index (χ4n) is 3.08. The second-order valence-corrected chi connectivity index (χ2v) is 5.69. The lowest BCUT2D eigenvalue weighted by molar-refractivity contribution is 0.0840. The van der Waals surface area contributed by atoms with E-state index in [0.29, 0.717) is 16.5 Å². The van der Waals surface area contributed by atoms with Crippen molar-refractivity contribution in [2.24, 2.45) is 0 Å². The number of rotatable bonds is 3. The predicted molar refractivity (Wildman–Crippen MR) is 80.3 cm³/mol. The monoisotopic (exact) mass is 286 g/mol. The molecule has 2 aromatic rings. The molecule has 0 saturated heterocycles. The number of carbonyl (C=O) groups excluding carboxylic acids is 1. The van der Waals surface area contributed by atoms with Crippen molar-refractivity contribution in [3.8, 4) is 0 Å². The van der Waals surface area contributed by atoms with Crippen LogP contribution in [0.3, 0.4) is 0 Å².